The third-order valence-corrected chi connectivity index (χ3v) is 6.13. The number of amides is 2. The van der Waals surface area contributed by atoms with E-state index < -0.39 is 15.8 Å². The fraction of sp³-hybridized carbons (Fsp3) is 0.316. The molecular formula is C19H22FN3O4S. The van der Waals surface area contributed by atoms with E-state index in [-0.39, 0.29) is 17.0 Å². The van der Waals surface area contributed by atoms with Gasteiger partial charge in [-0.05, 0) is 49.2 Å². The molecule has 28 heavy (non-hydrogen) atoms. The summed E-state index contributed by atoms with van der Waals surface area (Å²) in [4.78, 5) is 13.6. The molecule has 1 heterocycles. The maximum Gasteiger partial charge on any atom is 0.321 e. The number of ether oxygens (including phenoxy) is 1. The molecule has 0 spiro atoms. The zero-order valence-corrected chi connectivity index (χ0v) is 16.2. The monoisotopic (exact) mass is 407 g/mol. The van der Waals surface area contributed by atoms with Crippen molar-refractivity contribution < 1.29 is 22.3 Å². The number of rotatable bonds is 5. The predicted octanol–water partition coefficient (Wildman–Crippen LogP) is 2.81. The highest BCUT2D eigenvalue weighted by Crippen LogP contribution is 2.19. The Balaban J connectivity index is 1.53. The van der Waals surface area contributed by atoms with Gasteiger partial charge in [-0.15, -0.1) is 0 Å². The summed E-state index contributed by atoms with van der Waals surface area (Å²) in [6.45, 7) is 0.791. The van der Waals surface area contributed by atoms with Crippen LogP contribution in [0.3, 0.4) is 0 Å². The number of hydrogen-bond acceptors (Lipinski definition) is 4. The minimum Gasteiger partial charge on any atom is -0.497 e. The smallest absolute Gasteiger partial charge is 0.321 e. The lowest BCUT2D eigenvalue weighted by Crippen LogP contribution is -2.47. The van der Waals surface area contributed by atoms with Gasteiger partial charge in [0.05, 0.1) is 7.11 Å². The van der Waals surface area contributed by atoms with E-state index in [1.165, 1.54) is 18.2 Å². The minimum absolute atomic E-state index is 0.249. The third-order valence-electron chi connectivity index (χ3n) is 4.57. The van der Waals surface area contributed by atoms with E-state index >= 15 is 0 Å². The number of urea groups is 1. The molecule has 3 rings (SSSR count). The number of benzene rings is 2. The molecule has 150 valence electrons. The van der Waals surface area contributed by atoms with Crippen LogP contribution in [0, 0.1) is 5.82 Å². The second-order valence-electron chi connectivity index (χ2n) is 6.47. The van der Waals surface area contributed by atoms with Crippen LogP contribution in [0.15, 0.2) is 53.4 Å². The van der Waals surface area contributed by atoms with Gasteiger partial charge in [-0.1, -0.05) is 12.1 Å². The molecule has 1 fully saturated rings. The molecule has 9 heteroatoms. The quantitative estimate of drug-likeness (QED) is 0.798. The first-order chi connectivity index (χ1) is 13.4. The van der Waals surface area contributed by atoms with Gasteiger partial charge in [0.1, 0.15) is 16.5 Å². The van der Waals surface area contributed by atoms with Gasteiger partial charge in [0.2, 0.25) is 10.0 Å². The maximum absolute atomic E-state index is 13.8. The highest BCUT2D eigenvalue weighted by Gasteiger charge is 2.28. The van der Waals surface area contributed by atoms with Crippen LogP contribution in [-0.4, -0.2) is 45.6 Å². The Hall–Kier alpha value is -2.65. The van der Waals surface area contributed by atoms with Gasteiger partial charge >= 0.3 is 6.03 Å². The lowest BCUT2D eigenvalue weighted by Gasteiger charge is -2.32. The molecule has 1 aliphatic heterocycles. The summed E-state index contributed by atoms with van der Waals surface area (Å²) in [5, 5.41) is 2.80. The number of carbonyl (C=O) groups is 1. The van der Waals surface area contributed by atoms with Crippen LogP contribution in [0.2, 0.25) is 0 Å². The summed E-state index contributed by atoms with van der Waals surface area (Å²) in [6, 6.07) is 11.6. The van der Waals surface area contributed by atoms with Crippen molar-refractivity contribution >= 4 is 21.7 Å². The number of piperidine rings is 1. The van der Waals surface area contributed by atoms with Crippen LogP contribution in [0.4, 0.5) is 14.9 Å². The summed E-state index contributed by atoms with van der Waals surface area (Å²) in [7, 11) is -2.37. The van der Waals surface area contributed by atoms with E-state index in [0.717, 1.165) is 6.07 Å². The van der Waals surface area contributed by atoms with Gasteiger partial charge in [0.15, 0.2) is 0 Å². The maximum atomic E-state index is 13.8. The number of methoxy groups -OCH3 is 1. The Bertz CT molecular complexity index is 926. The van der Waals surface area contributed by atoms with E-state index in [1.54, 1.807) is 36.3 Å². The largest absolute Gasteiger partial charge is 0.497 e. The van der Waals surface area contributed by atoms with Crippen molar-refractivity contribution in [3.63, 3.8) is 0 Å². The zero-order valence-electron chi connectivity index (χ0n) is 15.4. The SMILES string of the molecule is COc1ccc(NC(=O)N2CCC(NS(=O)(=O)c3ccccc3F)CC2)cc1. The standard InChI is InChI=1S/C19H22FN3O4S/c1-27-16-8-6-14(7-9-16)21-19(24)23-12-10-15(11-13-23)22-28(25,26)18-5-3-2-4-17(18)20/h2-9,15,22H,10-13H2,1H3,(H,21,24). The van der Waals surface area contributed by atoms with Crippen molar-refractivity contribution in [3.05, 3.63) is 54.3 Å². The summed E-state index contributed by atoms with van der Waals surface area (Å²) in [6.07, 6.45) is 0.896. The molecule has 0 aliphatic carbocycles. The van der Waals surface area contributed by atoms with E-state index in [9.17, 15) is 17.6 Å². The molecular weight excluding hydrogens is 385 g/mol. The molecule has 0 atom stereocenters. The Morgan fingerprint density at radius 3 is 2.36 bits per heavy atom. The second kappa shape index (κ2) is 8.57. The van der Waals surface area contributed by atoms with Crippen molar-refractivity contribution in [1.29, 1.82) is 0 Å². The van der Waals surface area contributed by atoms with Crippen LogP contribution >= 0.6 is 0 Å². The molecule has 0 aromatic heterocycles. The highest BCUT2D eigenvalue weighted by molar-refractivity contribution is 7.89. The normalized spacial score (nSPS) is 15.3. The zero-order chi connectivity index (χ0) is 20.1. The molecule has 0 saturated carbocycles. The van der Waals surface area contributed by atoms with Gasteiger partial charge in [-0.2, -0.15) is 0 Å². The van der Waals surface area contributed by atoms with Gasteiger partial charge in [0, 0.05) is 24.8 Å². The molecule has 0 radical (unpaired) electrons. The number of likely N-dealkylation sites (tertiary alicyclic amines) is 1. The van der Waals surface area contributed by atoms with Crippen molar-refractivity contribution in [2.24, 2.45) is 0 Å². The topological polar surface area (TPSA) is 87.7 Å². The van der Waals surface area contributed by atoms with Crippen LogP contribution < -0.4 is 14.8 Å². The van der Waals surface area contributed by atoms with Gasteiger partial charge in [0.25, 0.3) is 0 Å². The lowest BCUT2D eigenvalue weighted by atomic mass is 10.1. The van der Waals surface area contributed by atoms with Crippen LogP contribution in [0.25, 0.3) is 0 Å². The average molecular weight is 407 g/mol. The van der Waals surface area contributed by atoms with E-state index in [0.29, 0.717) is 37.4 Å². The van der Waals surface area contributed by atoms with E-state index in [2.05, 4.69) is 10.0 Å². The van der Waals surface area contributed by atoms with Crippen LogP contribution in [0.1, 0.15) is 12.8 Å². The molecule has 2 aromatic rings. The Kier molecular flexibility index (Phi) is 6.15. The molecule has 2 amide bonds. The number of sulfonamides is 1. The first-order valence-corrected chi connectivity index (χ1v) is 10.3. The predicted molar refractivity (Wildman–Crippen MR) is 103 cm³/mol. The number of anilines is 1. The molecule has 2 aromatic carbocycles. The summed E-state index contributed by atoms with van der Waals surface area (Å²) >= 11 is 0. The molecule has 1 saturated heterocycles. The Morgan fingerprint density at radius 2 is 1.75 bits per heavy atom. The fourth-order valence-corrected chi connectivity index (χ4v) is 4.41. The first kappa shape index (κ1) is 20.1. The Labute approximate surface area is 163 Å². The van der Waals surface area contributed by atoms with Gasteiger partial charge in [-0.25, -0.2) is 22.3 Å². The van der Waals surface area contributed by atoms with Crippen LogP contribution in [0.5, 0.6) is 5.75 Å². The fourth-order valence-electron chi connectivity index (χ4n) is 3.02. The van der Waals surface area contributed by atoms with E-state index in [1.807, 2.05) is 0 Å². The number of nitrogens with zero attached hydrogens (tertiary/aromatic N) is 1. The summed E-state index contributed by atoms with van der Waals surface area (Å²) in [5.41, 5.74) is 0.646. The number of halogens is 1. The van der Waals surface area contributed by atoms with Crippen molar-refractivity contribution in [3.8, 4) is 5.75 Å². The summed E-state index contributed by atoms with van der Waals surface area (Å²) < 4.78 is 46.1. The Morgan fingerprint density at radius 1 is 1.11 bits per heavy atom. The first-order valence-electron chi connectivity index (χ1n) is 8.86. The van der Waals surface area contributed by atoms with Gasteiger partial charge < -0.3 is 15.0 Å². The number of nitrogens with one attached hydrogen (secondary N) is 2. The number of hydrogen-bond donors (Lipinski definition) is 2. The molecule has 0 bridgehead atoms. The average Bonchev–Trinajstić information content (AvgIpc) is 2.69. The molecule has 7 nitrogen and oxygen atoms in total. The van der Waals surface area contributed by atoms with Crippen LogP contribution in [-0.2, 0) is 10.0 Å². The third kappa shape index (κ3) is 4.79. The number of carbonyl (C=O) groups excluding carboxylic acids is 1. The van der Waals surface area contributed by atoms with Crippen molar-refractivity contribution in [2.75, 3.05) is 25.5 Å². The minimum atomic E-state index is -3.94. The molecule has 2 N–H and O–H groups in total. The molecule has 1 aliphatic rings. The van der Waals surface area contributed by atoms with Crippen molar-refractivity contribution in [1.82, 2.24) is 9.62 Å². The van der Waals surface area contributed by atoms with Gasteiger partial charge in [-0.3, -0.25) is 0 Å². The summed E-state index contributed by atoms with van der Waals surface area (Å²) in [5.74, 6) is -0.0905. The van der Waals surface area contributed by atoms with Crippen molar-refractivity contribution in [2.45, 2.75) is 23.8 Å². The highest BCUT2D eigenvalue weighted by atomic mass is 32.2. The second-order valence-corrected chi connectivity index (χ2v) is 8.15. The lowest BCUT2D eigenvalue weighted by molar-refractivity contribution is 0.193. The van der Waals surface area contributed by atoms with E-state index in [4.69, 9.17) is 4.74 Å². The molecule has 0 unspecified atom stereocenters.